The number of hydrogen-bond acceptors (Lipinski definition) is 7. The molecule has 178 valence electrons. The van der Waals surface area contributed by atoms with Crippen LogP contribution in [0, 0.1) is 0 Å². The second kappa shape index (κ2) is 14.1. The second-order valence-electron chi connectivity index (χ2n) is 8.24. The molecule has 0 saturated carbocycles. The summed E-state index contributed by atoms with van der Waals surface area (Å²) in [5, 5.41) is 2.53. The molecule has 8 heteroatoms. The molecule has 0 fully saturated rings. The van der Waals surface area contributed by atoms with E-state index >= 15 is 0 Å². The summed E-state index contributed by atoms with van der Waals surface area (Å²) in [5.41, 5.74) is -0.178. The van der Waals surface area contributed by atoms with Crippen molar-refractivity contribution in [3.05, 3.63) is 42.5 Å². The van der Waals surface area contributed by atoms with Crippen LogP contribution in [-0.2, 0) is 19.0 Å². The summed E-state index contributed by atoms with van der Waals surface area (Å²) in [6.45, 7) is 11.3. The van der Waals surface area contributed by atoms with Crippen molar-refractivity contribution in [3.63, 3.8) is 0 Å². The topological polar surface area (TPSA) is 100 Å². The van der Waals surface area contributed by atoms with Gasteiger partial charge in [-0.25, -0.2) is 14.4 Å². The number of amides is 1. The lowest BCUT2D eigenvalue weighted by Gasteiger charge is -2.19. The summed E-state index contributed by atoms with van der Waals surface area (Å²) in [6.07, 6.45) is 4.04. The maximum absolute atomic E-state index is 12.1. The number of rotatable bonds is 13. The molecule has 0 aromatic heterocycles. The van der Waals surface area contributed by atoms with E-state index in [4.69, 9.17) is 18.9 Å². The van der Waals surface area contributed by atoms with E-state index < -0.39 is 23.6 Å². The zero-order chi connectivity index (χ0) is 24.0. The Morgan fingerprint density at radius 1 is 1.06 bits per heavy atom. The Balaban J connectivity index is 2.19. The van der Waals surface area contributed by atoms with Gasteiger partial charge in [0, 0.05) is 6.08 Å². The van der Waals surface area contributed by atoms with Crippen LogP contribution in [0.15, 0.2) is 36.9 Å². The van der Waals surface area contributed by atoms with Crippen molar-refractivity contribution in [2.24, 2.45) is 0 Å². The van der Waals surface area contributed by atoms with E-state index in [0.29, 0.717) is 17.9 Å². The number of unbranched alkanes of at least 4 members (excludes halogenated alkanes) is 2. The van der Waals surface area contributed by atoms with Crippen LogP contribution in [0.1, 0.15) is 63.7 Å². The van der Waals surface area contributed by atoms with Crippen molar-refractivity contribution in [2.75, 3.05) is 19.8 Å². The van der Waals surface area contributed by atoms with E-state index in [-0.39, 0.29) is 19.3 Å². The van der Waals surface area contributed by atoms with Gasteiger partial charge in [-0.2, -0.15) is 0 Å². The van der Waals surface area contributed by atoms with Gasteiger partial charge in [-0.05, 0) is 77.6 Å². The Kier molecular flexibility index (Phi) is 11.9. The minimum Gasteiger partial charge on any atom is -0.494 e. The Hall–Kier alpha value is -3.03. The second-order valence-corrected chi connectivity index (χ2v) is 8.24. The Morgan fingerprint density at radius 2 is 1.75 bits per heavy atom. The van der Waals surface area contributed by atoms with Crippen molar-refractivity contribution >= 4 is 18.0 Å². The number of nitrogens with one attached hydrogen (secondary N) is 1. The van der Waals surface area contributed by atoms with Gasteiger partial charge in [0.1, 0.15) is 18.0 Å². The number of benzene rings is 1. The van der Waals surface area contributed by atoms with Crippen LogP contribution in [0.5, 0.6) is 5.75 Å². The standard InChI is InChI=1S/C24H35NO7/c1-6-21(26)31-18(2)10-8-7-9-16-29-20-13-11-19(12-14-20)22(27)30-17-15-25-23(28)32-24(3,4)5/h6,11-14,18H,1,7-10,15-17H2,2-5H3,(H,25,28). The van der Waals surface area contributed by atoms with E-state index in [1.165, 1.54) is 6.08 Å². The molecule has 1 amide bonds. The van der Waals surface area contributed by atoms with E-state index in [0.717, 1.165) is 25.7 Å². The first-order chi connectivity index (χ1) is 15.1. The first kappa shape index (κ1) is 27.0. The third kappa shape index (κ3) is 12.6. The van der Waals surface area contributed by atoms with Gasteiger partial charge in [0.15, 0.2) is 0 Å². The molecule has 0 heterocycles. The zero-order valence-electron chi connectivity index (χ0n) is 19.5. The lowest BCUT2D eigenvalue weighted by molar-refractivity contribution is -0.142. The highest BCUT2D eigenvalue weighted by Crippen LogP contribution is 2.14. The van der Waals surface area contributed by atoms with Gasteiger partial charge in [-0.1, -0.05) is 6.58 Å². The number of carbonyl (C=O) groups is 3. The molecule has 1 atom stereocenters. The van der Waals surface area contributed by atoms with Crippen LogP contribution < -0.4 is 10.1 Å². The van der Waals surface area contributed by atoms with Crippen molar-refractivity contribution in [1.82, 2.24) is 5.32 Å². The fourth-order valence-electron chi connectivity index (χ4n) is 2.59. The zero-order valence-corrected chi connectivity index (χ0v) is 19.5. The molecule has 1 aromatic rings. The third-order valence-corrected chi connectivity index (χ3v) is 4.10. The molecule has 1 rings (SSSR count). The Labute approximate surface area is 190 Å². The maximum Gasteiger partial charge on any atom is 0.407 e. The molecular weight excluding hydrogens is 414 g/mol. The van der Waals surface area contributed by atoms with E-state index in [1.54, 1.807) is 45.0 Å². The predicted molar refractivity (Wildman–Crippen MR) is 121 cm³/mol. The minimum absolute atomic E-state index is 0.0434. The molecule has 0 bridgehead atoms. The van der Waals surface area contributed by atoms with E-state index in [9.17, 15) is 14.4 Å². The highest BCUT2D eigenvalue weighted by Gasteiger charge is 2.15. The Bertz CT molecular complexity index is 738. The van der Waals surface area contributed by atoms with Gasteiger partial charge < -0.3 is 24.3 Å². The summed E-state index contributed by atoms with van der Waals surface area (Å²) in [5.74, 6) is -0.208. The Morgan fingerprint density at radius 3 is 2.38 bits per heavy atom. The third-order valence-electron chi connectivity index (χ3n) is 4.10. The predicted octanol–water partition coefficient (Wildman–Crippen LogP) is 4.43. The normalized spacial score (nSPS) is 11.8. The average Bonchev–Trinajstić information content (AvgIpc) is 2.72. The van der Waals surface area contributed by atoms with Crippen molar-refractivity contribution in [1.29, 1.82) is 0 Å². The van der Waals surface area contributed by atoms with Crippen LogP contribution in [0.2, 0.25) is 0 Å². The molecule has 0 aliphatic carbocycles. The van der Waals surface area contributed by atoms with Gasteiger partial charge in [0.2, 0.25) is 0 Å². The molecule has 8 nitrogen and oxygen atoms in total. The number of carbonyl (C=O) groups excluding carboxylic acids is 3. The SMILES string of the molecule is C=CC(=O)OC(C)CCCCCOc1ccc(C(=O)OCCNC(=O)OC(C)(C)C)cc1. The van der Waals surface area contributed by atoms with Crippen molar-refractivity contribution < 1.29 is 33.3 Å². The molecule has 0 radical (unpaired) electrons. The van der Waals surface area contributed by atoms with Crippen molar-refractivity contribution in [3.8, 4) is 5.75 Å². The fraction of sp³-hybridized carbons (Fsp3) is 0.542. The maximum atomic E-state index is 12.1. The summed E-state index contributed by atoms with van der Waals surface area (Å²) in [6, 6.07) is 6.70. The largest absolute Gasteiger partial charge is 0.494 e. The lowest BCUT2D eigenvalue weighted by atomic mass is 10.1. The van der Waals surface area contributed by atoms with E-state index in [2.05, 4.69) is 11.9 Å². The van der Waals surface area contributed by atoms with Gasteiger partial charge in [-0.15, -0.1) is 0 Å². The first-order valence-corrected chi connectivity index (χ1v) is 10.8. The summed E-state index contributed by atoms with van der Waals surface area (Å²) in [4.78, 5) is 34.7. The van der Waals surface area contributed by atoms with Gasteiger partial charge in [0.25, 0.3) is 0 Å². The lowest BCUT2D eigenvalue weighted by Crippen LogP contribution is -2.34. The smallest absolute Gasteiger partial charge is 0.407 e. The molecule has 1 unspecified atom stereocenters. The molecule has 0 saturated heterocycles. The molecule has 1 aromatic carbocycles. The minimum atomic E-state index is -0.578. The van der Waals surface area contributed by atoms with Gasteiger partial charge >= 0.3 is 18.0 Å². The highest BCUT2D eigenvalue weighted by molar-refractivity contribution is 5.89. The van der Waals surface area contributed by atoms with Crippen LogP contribution in [0.3, 0.4) is 0 Å². The fourth-order valence-corrected chi connectivity index (χ4v) is 2.59. The first-order valence-electron chi connectivity index (χ1n) is 10.8. The molecule has 1 N–H and O–H groups in total. The monoisotopic (exact) mass is 449 g/mol. The van der Waals surface area contributed by atoms with Crippen LogP contribution in [0.25, 0.3) is 0 Å². The molecule has 0 spiro atoms. The molecule has 0 aliphatic rings. The van der Waals surface area contributed by atoms with Crippen molar-refractivity contribution in [2.45, 2.75) is 65.1 Å². The average molecular weight is 450 g/mol. The summed E-state index contributed by atoms with van der Waals surface area (Å²) < 4.78 is 21.0. The highest BCUT2D eigenvalue weighted by atomic mass is 16.6. The molecule has 0 aliphatic heterocycles. The molecular formula is C24H35NO7. The van der Waals surface area contributed by atoms with Crippen LogP contribution in [-0.4, -0.2) is 49.5 Å². The number of hydrogen-bond donors (Lipinski definition) is 1. The number of esters is 2. The number of alkyl carbamates (subject to hydrolysis) is 1. The number of ether oxygens (including phenoxy) is 4. The van der Waals surface area contributed by atoms with Gasteiger partial charge in [0.05, 0.1) is 24.8 Å². The quantitative estimate of drug-likeness (QED) is 0.206. The summed E-state index contributed by atoms with van der Waals surface area (Å²) >= 11 is 0. The van der Waals surface area contributed by atoms with Gasteiger partial charge in [-0.3, -0.25) is 0 Å². The molecule has 32 heavy (non-hydrogen) atoms. The summed E-state index contributed by atoms with van der Waals surface area (Å²) in [7, 11) is 0. The van der Waals surface area contributed by atoms with Crippen LogP contribution in [0.4, 0.5) is 4.79 Å². The van der Waals surface area contributed by atoms with Crippen LogP contribution >= 0.6 is 0 Å². The van der Waals surface area contributed by atoms with E-state index in [1.807, 2.05) is 6.92 Å².